The fourth-order valence-corrected chi connectivity index (χ4v) is 5.04. The van der Waals surface area contributed by atoms with Gasteiger partial charge < -0.3 is 5.32 Å². The van der Waals surface area contributed by atoms with Crippen LogP contribution >= 0.6 is 11.3 Å². The van der Waals surface area contributed by atoms with Crippen molar-refractivity contribution in [1.82, 2.24) is 9.29 Å². The summed E-state index contributed by atoms with van der Waals surface area (Å²) in [6.45, 7) is 3.84. The van der Waals surface area contributed by atoms with Gasteiger partial charge in [0, 0.05) is 19.5 Å². The maximum absolute atomic E-state index is 12.5. The maximum atomic E-state index is 12.5. The van der Waals surface area contributed by atoms with Crippen LogP contribution in [0.3, 0.4) is 0 Å². The number of amides is 1. The van der Waals surface area contributed by atoms with Crippen LogP contribution in [0.15, 0.2) is 10.4 Å². The van der Waals surface area contributed by atoms with E-state index in [1.807, 2.05) is 6.92 Å². The van der Waals surface area contributed by atoms with Crippen molar-refractivity contribution in [3.05, 3.63) is 6.20 Å². The zero-order chi connectivity index (χ0) is 14.0. The van der Waals surface area contributed by atoms with Crippen molar-refractivity contribution in [1.29, 1.82) is 0 Å². The topological polar surface area (TPSA) is 79.4 Å². The Morgan fingerprint density at radius 2 is 2.26 bits per heavy atom. The molecule has 0 saturated carbocycles. The molecule has 1 N–H and O–H groups in total. The average molecular weight is 303 g/mol. The maximum Gasteiger partial charge on any atom is 0.254 e. The predicted octanol–water partition coefficient (Wildman–Crippen LogP) is 1.66. The van der Waals surface area contributed by atoms with E-state index in [-0.39, 0.29) is 16.2 Å². The lowest BCUT2D eigenvalue weighted by atomic mass is 10.1. The van der Waals surface area contributed by atoms with Crippen LogP contribution < -0.4 is 5.32 Å². The van der Waals surface area contributed by atoms with E-state index in [1.165, 1.54) is 17.4 Å². The molecule has 1 aromatic rings. The van der Waals surface area contributed by atoms with Crippen molar-refractivity contribution in [3.8, 4) is 0 Å². The highest BCUT2D eigenvalue weighted by atomic mass is 32.2. The Morgan fingerprint density at radius 1 is 1.53 bits per heavy atom. The minimum atomic E-state index is -3.49. The van der Waals surface area contributed by atoms with Crippen LogP contribution in [0.4, 0.5) is 5.13 Å². The van der Waals surface area contributed by atoms with E-state index in [2.05, 4.69) is 10.3 Å². The SMILES string of the molecule is CC(=O)Nc1ncc(S(=O)(=O)N2CCCC[C@H]2C)s1. The number of rotatable bonds is 3. The summed E-state index contributed by atoms with van der Waals surface area (Å²) in [6.07, 6.45) is 4.15. The predicted molar refractivity (Wildman–Crippen MR) is 73.6 cm³/mol. The summed E-state index contributed by atoms with van der Waals surface area (Å²) < 4.78 is 26.7. The standard InChI is InChI=1S/C11H17N3O3S2/c1-8-5-3-4-6-14(8)19(16,17)10-7-12-11(18-10)13-9(2)15/h7-8H,3-6H2,1-2H3,(H,12,13,15)/t8-/m1/s1. The van der Waals surface area contributed by atoms with Gasteiger partial charge in [-0.1, -0.05) is 17.8 Å². The van der Waals surface area contributed by atoms with Crippen molar-refractivity contribution < 1.29 is 13.2 Å². The number of nitrogens with one attached hydrogen (secondary N) is 1. The number of carbonyl (C=O) groups excluding carboxylic acids is 1. The quantitative estimate of drug-likeness (QED) is 0.921. The Morgan fingerprint density at radius 3 is 2.89 bits per heavy atom. The second-order valence-electron chi connectivity index (χ2n) is 4.63. The molecule has 0 aromatic carbocycles. The summed E-state index contributed by atoms with van der Waals surface area (Å²) in [7, 11) is -3.49. The molecule has 1 fully saturated rings. The first-order chi connectivity index (χ1) is 8.91. The molecule has 1 saturated heterocycles. The van der Waals surface area contributed by atoms with Crippen LogP contribution in [0.1, 0.15) is 33.1 Å². The van der Waals surface area contributed by atoms with Gasteiger partial charge in [-0.05, 0) is 19.8 Å². The lowest BCUT2D eigenvalue weighted by Gasteiger charge is -2.31. The molecule has 0 aliphatic carbocycles. The van der Waals surface area contributed by atoms with E-state index in [0.29, 0.717) is 11.7 Å². The van der Waals surface area contributed by atoms with Crippen LogP contribution in [0, 0.1) is 0 Å². The fraction of sp³-hybridized carbons (Fsp3) is 0.636. The number of thiazole rings is 1. The number of sulfonamides is 1. The number of hydrogen-bond donors (Lipinski definition) is 1. The molecule has 0 radical (unpaired) electrons. The molecule has 2 heterocycles. The fourth-order valence-electron chi connectivity index (χ4n) is 2.13. The molecule has 0 bridgehead atoms. The van der Waals surface area contributed by atoms with Gasteiger partial charge in [-0.3, -0.25) is 4.79 Å². The van der Waals surface area contributed by atoms with Gasteiger partial charge in [-0.25, -0.2) is 13.4 Å². The van der Waals surface area contributed by atoms with Crippen molar-refractivity contribution in [3.63, 3.8) is 0 Å². The molecule has 1 aliphatic rings. The molecule has 1 atom stereocenters. The zero-order valence-electron chi connectivity index (χ0n) is 10.9. The van der Waals surface area contributed by atoms with Crippen LogP contribution in [-0.2, 0) is 14.8 Å². The third kappa shape index (κ3) is 3.13. The average Bonchev–Trinajstić information content (AvgIpc) is 2.77. The monoisotopic (exact) mass is 303 g/mol. The van der Waals surface area contributed by atoms with Crippen LogP contribution in [0.25, 0.3) is 0 Å². The van der Waals surface area contributed by atoms with Crippen molar-refractivity contribution in [2.75, 3.05) is 11.9 Å². The number of piperidine rings is 1. The first kappa shape index (κ1) is 14.4. The van der Waals surface area contributed by atoms with Gasteiger partial charge in [0.25, 0.3) is 10.0 Å². The molecule has 19 heavy (non-hydrogen) atoms. The van der Waals surface area contributed by atoms with Crippen LogP contribution in [0.2, 0.25) is 0 Å². The molecular formula is C11H17N3O3S2. The van der Waals surface area contributed by atoms with E-state index in [0.717, 1.165) is 30.6 Å². The minimum Gasteiger partial charge on any atom is -0.302 e. The summed E-state index contributed by atoms with van der Waals surface area (Å²) in [4.78, 5) is 14.8. The van der Waals surface area contributed by atoms with E-state index in [9.17, 15) is 13.2 Å². The van der Waals surface area contributed by atoms with Crippen LogP contribution in [0.5, 0.6) is 0 Å². The highest BCUT2D eigenvalue weighted by molar-refractivity contribution is 7.91. The van der Waals surface area contributed by atoms with Gasteiger partial charge in [0.2, 0.25) is 5.91 Å². The van der Waals surface area contributed by atoms with Gasteiger partial charge in [0.05, 0.1) is 6.20 Å². The van der Waals surface area contributed by atoms with Gasteiger partial charge in [-0.2, -0.15) is 4.31 Å². The zero-order valence-corrected chi connectivity index (χ0v) is 12.6. The molecule has 106 valence electrons. The molecule has 6 nitrogen and oxygen atoms in total. The number of carbonyl (C=O) groups is 1. The highest BCUT2D eigenvalue weighted by Gasteiger charge is 2.32. The second kappa shape index (κ2) is 5.56. The van der Waals surface area contributed by atoms with Crippen molar-refractivity contribution in [2.24, 2.45) is 0 Å². The number of nitrogens with zero attached hydrogens (tertiary/aromatic N) is 2. The lowest BCUT2D eigenvalue weighted by molar-refractivity contribution is -0.114. The number of hydrogen-bond acceptors (Lipinski definition) is 5. The van der Waals surface area contributed by atoms with Gasteiger partial charge in [0.15, 0.2) is 9.34 Å². The Labute approximate surface area is 116 Å². The smallest absolute Gasteiger partial charge is 0.254 e. The molecular weight excluding hydrogens is 286 g/mol. The van der Waals surface area contributed by atoms with Gasteiger partial charge >= 0.3 is 0 Å². The number of anilines is 1. The lowest BCUT2D eigenvalue weighted by Crippen LogP contribution is -2.41. The highest BCUT2D eigenvalue weighted by Crippen LogP contribution is 2.29. The summed E-state index contributed by atoms with van der Waals surface area (Å²) in [5.74, 6) is -0.260. The summed E-state index contributed by atoms with van der Waals surface area (Å²) in [5, 5.41) is 2.81. The molecule has 0 spiro atoms. The Balaban J connectivity index is 2.23. The Kier molecular flexibility index (Phi) is 4.22. The normalized spacial score (nSPS) is 21.3. The van der Waals surface area contributed by atoms with E-state index >= 15 is 0 Å². The van der Waals surface area contributed by atoms with E-state index in [1.54, 1.807) is 0 Å². The second-order valence-corrected chi connectivity index (χ2v) is 7.77. The summed E-state index contributed by atoms with van der Waals surface area (Å²) in [5.41, 5.74) is 0. The molecule has 1 amide bonds. The summed E-state index contributed by atoms with van der Waals surface area (Å²) in [6, 6.07) is 0.0186. The molecule has 1 aliphatic heterocycles. The van der Waals surface area contributed by atoms with E-state index in [4.69, 9.17) is 0 Å². The third-order valence-electron chi connectivity index (χ3n) is 3.07. The number of aromatic nitrogens is 1. The summed E-state index contributed by atoms with van der Waals surface area (Å²) >= 11 is 0.991. The first-order valence-corrected chi connectivity index (χ1v) is 8.42. The molecule has 8 heteroatoms. The Bertz CT molecular complexity index is 567. The van der Waals surface area contributed by atoms with Crippen molar-refractivity contribution >= 4 is 32.4 Å². The van der Waals surface area contributed by atoms with E-state index < -0.39 is 10.0 Å². The van der Waals surface area contributed by atoms with Gasteiger partial charge in [-0.15, -0.1) is 0 Å². The van der Waals surface area contributed by atoms with Crippen LogP contribution in [-0.4, -0.2) is 36.2 Å². The largest absolute Gasteiger partial charge is 0.302 e. The molecule has 0 unspecified atom stereocenters. The Hall–Kier alpha value is -0.990. The van der Waals surface area contributed by atoms with Gasteiger partial charge in [0.1, 0.15) is 0 Å². The minimum absolute atomic E-state index is 0.0186. The molecule has 2 rings (SSSR count). The first-order valence-electron chi connectivity index (χ1n) is 6.16. The third-order valence-corrected chi connectivity index (χ3v) is 6.44. The molecule has 1 aromatic heterocycles. The van der Waals surface area contributed by atoms with Crippen molar-refractivity contribution in [2.45, 2.75) is 43.4 Å².